The molecule has 0 spiro atoms. The van der Waals surface area contributed by atoms with Crippen LogP contribution in [0.2, 0.25) is 0 Å². The first kappa shape index (κ1) is 22.3. The van der Waals surface area contributed by atoms with Crippen molar-refractivity contribution in [3.63, 3.8) is 0 Å². The molecule has 0 amide bonds. The molecule has 3 aromatic rings. The number of alkyl halides is 6. The van der Waals surface area contributed by atoms with E-state index in [1.54, 1.807) is 31.2 Å². The molecule has 3 nitrogen and oxygen atoms in total. The number of aliphatic imine (C=N–C) groups is 1. The van der Waals surface area contributed by atoms with Gasteiger partial charge in [0.2, 0.25) is 0 Å². The third-order valence-corrected chi connectivity index (χ3v) is 4.86. The fourth-order valence-corrected chi connectivity index (χ4v) is 3.43. The Morgan fingerprint density at radius 2 is 1.52 bits per heavy atom. The van der Waals surface area contributed by atoms with Crippen molar-refractivity contribution in [1.29, 1.82) is 5.41 Å². The lowest BCUT2D eigenvalue weighted by atomic mass is 9.87. The van der Waals surface area contributed by atoms with Crippen LogP contribution in [-0.2, 0) is 12.4 Å². The average Bonchev–Trinajstić information content (AvgIpc) is 2.70. The SMILES string of the molecule is CN=C(N)c1c(C=N)cc2ccc(C)cc2c1-c1cc(C(F)(F)F)cc(C(F)(F)F)c1. The van der Waals surface area contributed by atoms with Gasteiger partial charge in [0.25, 0.3) is 0 Å². The zero-order valence-electron chi connectivity index (χ0n) is 16.4. The Morgan fingerprint density at radius 1 is 0.935 bits per heavy atom. The van der Waals surface area contributed by atoms with E-state index < -0.39 is 23.5 Å². The van der Waals surface area contributed by atoms with E-state index in [2.05, 4.69) is 4.99 Å². The number of fused-ring (bicyclic) bond motifs is 1. The van der Waals surface area contributed by atoms with Crippen LogP contribution in [-0.4, -0.2) is 19.1 Å². The predicted octanol–water partition coefficient (Wildman–Crippen LogP) is 6.19. The molecular weight excluding hydrogens is 420 g/mol. The summed E-state index contributed by atoms with van der Waals surface area (Å²) in [5, 5.41) is 8.66. The molecular formula is C22H17F6N3. The molecule has 0 bridgehead atoms. The van der Waals surface area contributed by atoms with E-state index in [-0.39, 0.29) is 34.2 Å². The number of halogens is 6. The molecule has 0 aliphatic carbocycles. The lowest BCUT2D eigenvalue weighted by Gasteiger charge is -2.19. The molecule has 0 aliphatic heterocycles. The zero-order chi connectivity index (χ0) is 23.1. The molecule has 3 rings (SSSR count). The van der Waals surface area contributed by atoms with E-state index in [0.29, 0.717) is 22.9 Å². The van der Waals surface area contributed by atoms with Gasteiger partial charge in [0, 0.05) is 30.0 Å². The Hall–Kier alpha value is -3.36. The number of benzene rings is 3. The van der Waals surface area contributed by atoms with Gasteiger partial charge >= 0.3 is 12.4 Å². The van der Waals surface area contributed by atoms with Gasteiger partial charge in [0.1, 0.15) is 5.84 Å². The summed E-state index contributed by atoms with van der Waals surface area (Å²) in [7, 11) is 1.35. The second kappa shape index (κ2) is 7.72. The van der Waals surface area contributed by atoms with Gasteiger partial charge in [-0.2, -0.15) is 26.3 Å². The van der Waals surface area contributed by atoms with Crippen molar-refractivity contribution >= 4 is 22.8 Å². The predicted molar refractivity (Wildman–Crippen MR) is 109 cm³/mol. The number of nitrogens with two attached hydrogens (primary N) is 1. The van der Waals surface area contributed by atoms with E-state index in [1.165, 1.54) is 7.05 Å². The fraction of sp³-hybridized carbons (Fsp3) is 0.182. The molecule has 0 heterocycles. The monoisotopic (exact) mass is 437 g/mol. The third kappa shape index (κ3) is 4.26. The van der Waals surface area contributed by atoms with Gasteiger partial charge in [-0.3, -0.25) is 4.99 Å². The Morgan fingerprint density at radius 3 is 2.00 bits per heavy atom. The number of nitrogens with zero attached hydrogens (tertiary/aromatic N) is 1. The number of nitrogens with one attached hydrogen (secondary N) is 1. The van der Waals surface area contributed by atoms with Crippen LogP contribution in [0.1, 0.15) is 27.8 Å². The lowest BCUT2D eigenvalue weighted by Crippen LogP contribution is -2.18. The van der Waals surface area contributed by atoms with E-state index >= 15 is 0 Å². The summed E-state index contributed by atoms with van der Waals surface area (Å²) < 4.78 is 80.7. The van der Waals surface area contributed by atoms with Crippen molar-refractivity contribution < 1.29 is 26.3 Å². The molecule has 31 heavy (non-hydrogen) atoms. The van der Waals surface area contributed by atoms with E-state index in [1.807, 2.05) is 0 Å². The summed E-state index contributed by atoms with van der Waals surface area (Å²) in [6.45, 7) is 1.75. The minimum absolute atomic E-state index is 0.0550. The molecule has 0 aliphatic rings. The fourth-order valence-electron chi connectivity index (χ4n) is 3.43. The second-order valence-corrected chi connectivity index (χ2v) is 6.99. The Kier molecular flexibility index (Phi) is 5.56. The van der Waals surface area contributed by atoms with E-state index in [0.717, 1.165) is 11.8 Å². The first-order chi connectivity index (χ1) is 14.4. The van der Waals surface area contributed by atoms with Crippen LogP contribution in [0.15, 0.2) is 47.5 Å². The summed E-state index contributed by atoms with van der Waals surface area (Å²) >= 11 is 0. The summed E-state index contributed by atoms with van der Waals surface area (Å²) in [6.07, 6.45) is -9.05. The van der Waals surface area contributed by atoms with Crippen molar-refractivity contribution in [1.82, 2.24) is 0 Å². The van der Waals surface area contributed by atoms with Gasteiger partial charge in [0.05, 0.1) is 11.1 Å². The molecule has 0 atom stereocenters. The molecule has 0 radical (unpaired) electrons. The standard InChI is InChI=1S/C22H17F6N3/c1-11-3-4-12-6-14(10-29)19(20(30)31-2)18(17(12)5-11)13-7-15(21(23,24)25)9-16(8-13)22(26,27)28/h3-10,29H,1-2H3,(H2,30,31). The Labute approximate surface area is 173 Å². The Bertz CT molecular complexity index is 1170. The smallest absolute Gasteiger partial charge is 0.383 e. The van der Waals surface area contributed by atoms with Crippen molar-refractivity contribution in [3.8, 4) is 11.1 Å². The maximum Gasteiger partial charge on any atom is 0.416 e. The topological polar surface area (TPSA) is 62.2 Å². The number of hydrogen-bond acceptors (Lipinski definition) is 2. The lowest BCUT2D eigenvalue weighted by molar-refractivity contribution is -0.143. The van der Waals surface area contributed by atoms with Crippen LogP contribution in [0, 0.1) is 12.3 Å². The molecule has 9 heteroatoms. The molecule has 0 fully saturated rings. The molecule has 0 saturated carbocycles. The van der Waals surface area contributed by atoms with Crippen LogP contribution in [0.25, 0.3) is 21.9 Å². The van der Waals surface area contributed by atoms with Gasteiger partial charge in [-0.15, -0.1) is 0 Å². The number of amidine groups is 1. The quantitative estimate of drug-likeness (QED) is 0.287. The maximum atomic E-state index is 13.4. The minimum Gasteiger partial charge on any atom is -0.383 e. The van der Waals surface area contributed by atoms with E-state index in [9.17, 15) is 26.3 Å². The van der Waals surface area contributed by atoms with Gasteiger partial charge in [-0.1, -0.05) is 23.8 Å². The zero-order valence-corrected chi connectivity index (χ0v) is 16.4. The molecule has 0 unspecified atom stereocenters. The summed E-state index contributed by atoms with van der Waals surface area (Å²) in [4.78, 5) is 3.87. The normalized spacial score (nSPS) is 13.0. The summed E-state index contributed by atoms with van der Waals surface area (Å²) in [5.41, 5.74) is 3.93. The van der Waals surface area contributed by atoms with Crippen molar-refractivity contribution in [2.24, 2.45) is 10.7 Å². The molecule has 0 aromatic heterocycles. The van der Waals surface area contributed by atoms with Crippen LogP contribution >= 0.6 is 0 Å². The first-order valence-corrected chi connectivity index (χ1v) is 8.97. The first-order valence-electron chi connectivity index (χ1n) is 8.97. The second-order valence-electron chi connectivity index (χ2n) is 6.99. The number of rotatable bonds is 3. The third-order valence-electron chi connectivity index (χ3n) is 4.86. The molecule has 162 valence electrons. The van der Waals surface area contributed by atoms with E-state index in [4.69, 9.17) is 11.1 Å². The van der Waals surface area contributed by atoms with Crippen LogP contribution in [0.4, 0.5) is 26.3 Å². The maximum absolute atomic E-state index is 13.4. The van der Waals surface area contributed by atoms with Gasteiger partial charge < -0.3 is 11.1 Å². The highest BCUT2D eigenvalue weighted by Gasteiger charge is 2.37. The number of hydrogen-bond donors (Lipinski definition) is 2. The Balaban J connectivity index is 2.57. The van der Waals surface area contributed by atoms with Crippen LogP contribution < -0.4 is 5.73 Å². The molecule has 3 aromatic carbocycles. The van der Waals surface area contributed by atoms with Crippen molar-refractivity contribution in [2.45, 2.75) is 19.3 Å². The minimum atomic E-state index is -4.99. The van der Waals surface area contributed by atoms with Crippen molar-refractivity contribution in [3.05, 3.63) is 70.3 Å². The molecule has 3 N–H and O–H groups in total. The van der Waals surface area contributed by atoms with Gasteiger partial charge in [-0.05, 0) is 47.5 Å². The average molecular weight is 437 g/mol. The number of aryl methyl sites for hydroxylation is 1. The highest BCUT2D eigenvalue weighted by Crippen LogP contribution is 2.42. The summed E-state index contributed by atoms with van der Waals surface area (Å²) in [6, 6.07) is 8.08. The van der Waals surface area contributed by atoms with Crippen LogP contribution in [0.5, 0.6) is 0 Å². The highest BCUT2D eigenvalue weighted by molar-refractivity contribution is 6.16. The highest BCUT2D eigenvalue weighted by atomic mass is 19.4. The van der Waals surface area contributed by atoms with Gasteiger partial charge in [0.15, 0.2) is 0 Å². The largest absolute Gasteiger partial charge is 0.416 e. The summed E-state index contributed by atoms with van der Waals surface area (Å²) in [5.74, 6) is -0.108. The van der Waals surface area contributed by atoms with Crippen LogP contribution in [0.3, 0.4) is 0 Å². The molecule has 0 saturated heterocycles. The van der Waals surface area contributed by atoms with Gasteiger partial charge in [-0.25, -0.2) is 0 Å². The van der Waals surface area contributed by atoms with Crippen molar-refractivity contribution in [2.75, 3.05) is 7.05 Å².